The first-order chi connectivity index (χ1) is 10.7. The van der Waals surface area contributed by atoms with Crippen LogP contribution in [-0.2, 0) is 0 Å². The van der Waals surface area contributed by atoms with Gasteiger partial charge in [-0.2, -0.15) is 0 Å². The molecule has 22 heavy (non-hydrogen) atoms. The molecular weight excluding hydrogens is 274 g/mol. The molecule has 0 amide bonds. The monoisotopic (exact) mass is 305 g/mol. The van der Waals surface area contributed by atoms with E-state index in [2.05, 4.69) is 17.1 Å². The summed E-state index contributed by atoms with van der Waals surface area (Å²) in [7, 11) is 0. The molecule has 1 saturated heterocycles. The summed E-state index contributed by atoms with van der Waals surface area (Å²) in [5.41, 5.74) is 0.508. The zero-order valence-electron chi connectivity index (χ0n) is 13.9. The number of aliphatic imine (C=N–C) groups is 1. The van der Waals surface area contributed by atoms with Crippen molar-refractivity contribution < 1.29 is 5.11 Å². The van der Waals surface area contributed by atoms with Crippen molar-refractivity contribution in [2.75, 3.05) is 26.2 Å². The van der Waals surface area contributed by atoms with Crippen LogP contribution in [0.15, 0.2) is 4.99 Å². The number of aliphatic hydroxyl groups excluding tert-OH is 1. The quantitative estimate of drug-likeness (QED) is 0.621. The fraction of sp³-hybridized carbons (Fsp3) is 0.944. The highest BCUT2D eigenvalue weighted by Gasteiger charge is 2.50. The van der Waals surface area contributed by atoms with E-state index in [1.165, 1.54) is 38.5 Å². The van der Waals surface area contributed by atoms with Crippen LogP contribution in [0.2, 0.25) is 0 Å². The summed E-state index contributed by atoms with van der Waals surface area (Å²) in [6.45, 7) is 5.73. The van der Waals surface area contributed by atoms with Gasteiger partial charge in [0.1, 0.15) is 0 Å². The molecule has 4 saturated carbocycles. The van der Waals surface area contributed by atoms with Crippen LogP contribution < -0.4 is 5.32 Å². The molecule has 0 aromatic carbocycles. The molecular formula is C18H31N3O. The average Bonchev–Trinajstić information content (AvgIpc) is 2.88. The standard InChI is InChI=1S/C18H31N3O/c1-2-19-17(21-4-3-16(22)11-21)20-12-18-8-13-5-14(9-18)7-15(6-13)10-18/h13-16,22H,2-12H2,1H3,(H,19,20)/t13?,14?,15?,16-,18?/m1/s1. The normalized spacial score (nSPS) is 43.9. The summed E-state index contributed by atoms with van der Waals surface area (Å²) >= 11 is 0. The van der Waals surface area contributed by atoms with E-state index < -0.39 is 0 Å². The smallest absolute Gasteiger partial charge is 0.194 e. The van der Waals surface area contributed by atoms with Crippen molar-refractivity contribution in [3.05, 3.63) is 0 Å². The van der Waals surface area contributed by atoms with Crippen LogP contribution in [0.1, 0.15) is 51.9 Å². The Labute approximate surface area is 134 Å². The number of nitrogens with one attached hydrogen (secondary N) is 1. The molecule has 0 aromatic rings. The molecule has 4 heteroatoms. The average molecular weight is 305 g/mol. The summed E-state index contributed by atoms with van der Waals surface area (Å²) in [5.74, 6) is 4.03. The summed E-state index contributed by atoms with van der Waals surface area (Å²) in [6.07, 6.45) is 9.47. The first-order valence-electron chi connectivity index (χ1n) is 9.37. The third kappa shape index (κ3) is 2.75. The Balaban J connectivity index is 1.47. The largest absolute Gasteiger partial charge is 0.391 e. The number of hydrogen-bond acceptors (Lipinski definition) is 2. The minimum atomic E-state index is -0.177. The number of hydrogen-bond donors (Lipinski definition) is 2. The lowest BCUT2D eigenvalue weighted by Gasteiger charge is -2.56. The highest BCUT2D eigenvalue weighted by molar-refractivity contribution is 5.80. The predicted octanol–water partition coefficient (Wildman–Crippen LogP) is 2.23. The van der Waals surface area contributed by atoms with Gasteiger partial charge in [0.2, 0.25) is 0 Å². The van der Waals surface area contributed by atoms with Crippen LogP contribution in [0.5, 0.6) is 0 Å². The van der Waals surface area contributed by atoms with Crippen LogP contribution in [0.25, 0.3) is 0 Å². The van der Waals surface area contributed by atoms with Crippen molar-refractivity contribution in [1.82, 2.24) is 10.2 Å². The van der Waals surface area contributed by atoms with Gasteiger partial charge in [0.15, 0.2) is 5.96 Å². The molecule has 5 rings (SSSR count). The predicted molar refractivity (Wildman–Crippen MR) is 88.8 cm³/mol. The van der Waals surface area contributed by atoms with Crippen LogP contribution in [0.3, 0.4) is 0 Å². The van der Waals surface area contributed by atoms with Gasteiger partial charge in [0, 0.05) is 26.2 Å². The van der Waals surface area contributed by atoms with Crippen molar-refractivity contribution >= 4 is 5.96 Å². The number of rotatable bonds is 3. The molecule has 0 unspecified atom stereocenters. The molecule has 1 heterocycles. The first kappa shape index (κ1) is 14.8. The Kier molecular flexibility index (Phi) is 3.83. The zero-order chi connectivity index (χ0) is 15.2. The van der Waals surface area contributed by atoms with Gasteiger partial charge in [0.25, 0.3) is 0 Å². The molecule has 0 aromatic heterocycles. The fourth-order valence-corrected chi connectivity index (χ4v) is 6.09. The van der Waals surface area contributed by atoms with Crippen LogP contribution in [0.4, 0.5) is 0 Å². The van der Waals surface area contributed by atoms with Crippen molar-refractivity contribution in [1.29, 1.82) is 0 Å². The van der Waals surface area contributed by atoms with E-state index in [1.54, 1.807) is 0 Å². The van der Waals surface area contributed by atoms with E-state index in [1.807, 2.05) is 0 Å². The molecule has 5 fully saturated rings. The van der Waals surface area contributed by atoms with Crippen LogP contribution >= 0.6 is 0 Å². The van der Waals surface area contributed by atoms with Crippen molar-refractivity contribution in [3.8, 4) is 0 Å². The molecule has 0 radical (unpaired) electrons. The van der Waals surface area contributed by atoms with E-state index in [0.717, 1.165) is 56.3 Å². The molecule has 5 aliphatic rings. The molecule has 1 aliphatic heterocycles. The molecule has 4 aliphatic carbocycles. The molecule has 4 bridgehead atoms. The number of guanidine groups is 1. The summed E-state index contributed by atoms with van der Waals surface area (Å²) < 4.78 is 0. The maximum Gasteiger partial charge on any atom is 0.194 e. The minimum absolute atomic E-state index is 0.177. The van der Waals surface area contributed by atoms with E-state index in [0.29, 0.717) is 5.41 Å². The Morgan fingerprint density at radius 3 is 2.32 bits per heavy atom. The van der Waals surface area contributed by atoms with E-state index in [-0.39, 0.29) is 6.10 Å². The van der Waals surface area contributed by atoms with Crippen molar-refractivity contribution in [2.45, 2.75) is 58.0 Å². The molecule has 4 nitrogen and oxygen atoms in total. The minimum Gasteiger partial charge on any atom is -0.391 e. The third-order valence-corrected chi connectivity index (χ3v) is 6.53. The van der Waals surface area contributed by atoms with Crippen LogP contribution in [-0.4, -0.2) is 48.2 Å². The lowest BCUT2D eigenvalue weighted by Crippen LogP contribution is -2.48. The highest BCUT2D eigenvalue weighted by Crippen LogP contribution is 2.60. The Hall–Kier alpha value is -0.770. The van der Waals surface area contributed by atoms with Crippen LogP contribution in [0, 0.1) is 23.2 Å². The summed E-state index contributed by atoms with van der Waals surface area (Å²) in [4.78, 5) is 7.28. The first-order valence-corrected chi connectivity index (χ1v) is 9.37. The zero-order valence-corrected chi connectivity index (χ0v) is 13.9. The molecule has 1 atom stereocenters. The molecule has 2 N–H and O–H groups in total. The maximum absolute atomic E-state index is 9.79. The second-order valence-corrected chi connectivity index (χ2v) is 8.48. The van der Waals surface area contributed by atoms with Gasteiger partial charge in [-0.05, 0) is 75.0 Å². The molecule has 0 spiro atoms. The van der Waals surface area contributed by atoms with Gasteiger partial charge < -0.3 is 15.3 Å². The fourth-order valence-electron chi connectivity index (χ4n) is 6.09. The summed E-state index contributed by atoms with van der Waals surface area (Å²) in [5, 5.41) is 13.2. The molecule has 124 valence electrons. The second kappa shape index (κ2) is 5.70. The van der Waals surface area contributed by atoms with E-state index in [4.69, 9.17) is 4.99 Å². The number of aliphatic hydroxyl groups is 1. The van der Waals surface area contributed by atoms with Crippen molar-refractivity contribution in [2.24, 2.45) is 28.2 Å². The number of likely N-dealkylation sites (tertiary alicyclic amines) is 1. The van der Waals surface area contributed by atoms with Gasteiger partial charge >= 0.3 is 0 Å². The summed E-state index contributed by atoms with van der Waals surface area (Å²) in [6, 6.07) is 0. The Bertz CT molecular complexity index is 412. The SMILES string of the molecule is CCNC(=NCC12CC3CC(CC(C3)C1)C2)N1CC[C@@H](O)C1. The second-order valence-electron chi connectivity index (χ2n) is 8.48. The Morgan fingerprint density at radius 1 is 1.18 bits per heavy atom. The number of β-amino-alcohol motifs (C(OH)–C–C–N with tert-alkyl or cyclic N) is 1. The Morgan fingerprint density at radius 2 is 1.82 bits per heavy atom. The maximum atomic E-state index is 9.79. The number of nitrogens with zero attached hydrogens (tertiary/aromatic N) is 2. The van der Waals surface area contributed by atoms with Gasteiger partial charge in [-0.3, -0.25) is 4.99 Å². The van der Waals surface area contributed by atoms with Crippen molar-refractivity contribution in [3.63, 3.8) is 0 Å². The van der Waals surface area contributed by atoms with E-state index in [9.17, 15) is 5.11 Å². The van der Waals surface area contributed by atoms with Gasteiger partial charge in [0.05, 0.1) is 6.10 Å². The van der Waals surface area contributed by atoms with Gasteiger partial charge in [-0.1, -0.05) is 0 Å². The highest BCUT2D eigenvalue weighted by atomic mass is 16.3. The lowest BCUT2D eigenvalue weighted by molar-refractivity contribution is -0.0466. The van der Waals surface area contributed by atoms with Gasteiger partial charge in [-0.25, -0.2) is 0 Å². The third-order valence-electron chi connectivity index (χ3n) is 6.53. The van der Waals surface area contributed by atoms with Gasteiger partial charge in [-0.15, -0.1) is 0 Å². The lowest BCUT2D eigenvalue weighted by atomic mass is 9.49. The van der Waals surface area contributed by atoms with E-state index >= 15 is 0 Å². The topological polar surface area (TPSA) is 47.9 Å².